The molecule has 1 N–H and O–H groups in total. The van der Waals surface area contributed by atoms with Gasteiger partial charge in [0.25, 0.3) is 5.91 Å². The fraction of sp³-hybridized carbons (Fsp3) is 0.588. The molecule has 0 aromatic heterocycles. The zero-order valence-electron chi connectivity index (χ0n) is 12.8. The Balaban J connectivity index is 2.05. The molecule has 0 radical (unpaired) electrons. The van der Waals surface area contributed by atoms with Gasteiger partial charge in [-0.25, -0.2) is 0 Å². The van der Waals surface area contributed by atoms with E-state index in [1.54, 1.807) is 0 Å². The first kappa shape index (κ1) is 15.8. The zero-order chi connectivity index (χ0) is 15.1. The van der Waals surface area contributed by atoms with Gasteiger partial charge in [-0.05, 0) is 43.5 Å². The summed E-state index contributed by atoms with van der Waals surface area (Å²) >= 11 is 0. The Kier molecular flexibility index (Phi) is 6.05. The SMILES string of the molecule is CCCOc1ccc(C(=O)N(CCO)C2CCCC2)cc1. The Morgan fingerprint density at radius 3 is 2.52 bits per heavy atom. The largest absolute Gasteiger partial charge is 0.494 e. The molecular weight excluding hydrogens is 266 g/mol. The fourth-order valence-corrected chi connectivity index (χ4v) is 2.85. The van der Waals surface area contributed by atoms with E-state index in [1.165, 1.54) is 12.8 Å². The lowest BCUT2D eigenvalue weighted by Gasteiger charge is -2.28. The van der Waals surface area contributed by atoms with Crippen LogP contribution in [0.25, 0.3) is 0 Å². The molecular formula is C17H25NO3. The molecule has 0 atom stereocenters. The van der Waals surface area contributed by atoms with Crippen LogP contribution in [0.3, 0.4) is 0 Å². The minimum atomic E-state index is 0.0120. The number of carbonyl (C=O) groups is 1. The highest BCUT2D eigenvalue weighted by Crippen LogP contribution is 2.25. The summed E-state index contributed by atoms with van der Waals surface area (Å²) in [6.45, 7) is 3.18. The van der Waals surface area contributed by atoms with Crippen molar-refractivity contribution in [2.45, 2.75) is 45.1 Å². The third-order valence-corrected chi connectivity index (χ3v) is 3.94. The van der Waals surface area contributed by atoms with Gasteiger partial charge in [0.15, 0.2) is 0 Å². The van der Waals surface area contributed by atoms with E-state index in [0.29, 0.717) is 18.7 Å². The number of benzene rings is 1. The number of hydrogen-bond acceptors (Lipinski definition) is 3. The first-order valence-electron chi connectivity index (χ1n) is 7.91. The number of nitrogens with zero attached hydrogens (tertiary/aromatic N) is 1. The molecule has 4 nitrogen and oxygen atoms in total. The van der Waals surface area contributed by atoms with Crippen molar-refractivity contribution >= 4 is 5.91 Å². The quantitative estimate of drug-likeness (QED) is 0.840. The number of amides is 1. The Morgan fingerprint density at radius 2 is 1.95 bits per heavy atom. The van der Waals surface area contributed by atoms with E-state index >= 15 is 0 Å². The standard InChI is InChI=1S/C17H25NO3/c1-2-13-21-16-9-7-14(8-10-16)17(20)18(11-12-19)15-5-3-4-6-15/h7-10,15,19H,2-6,11-13H2,1H3. The average Bonchev–Trinajstić information content (AvgIpc) is 3.04. The smallest absolute Gasteiger partial charge is 0.254 e. The molecule has 0 spiro atoms. The van der Waals surface area contributed by atoms with Crippen LogP contribution in [-0.4, -0.2) is 41.7 Å². The lowest BCUT2D eigenvalue weighted by Crippen LogP contribution is -2.40. The van der Waals surface area contributed by atoms with Crippen molar-refractivity contribution in [2.75, 3.05) is 19.8 Å². The molecule has 21 heavy (non-hydrogen) atoms. The Morgan fingerprint density at radius 1 is 1.29 bits per heavy atom. The monoisotopic (exact) mass is 291 g/mol. The highest BCUT2D eigenvalue weighted by molar-refractivity contribution is 5.94. The average molecular weight is 291 g/mol. The molecule has 0 heterocycles. The van der Waals surface area contributed by atoms with Gasteiger partial charge in [0.2, 0.25) is 0 Å². The summed E-state index contributed by atoms with van der Waals surface area (Å²) in [6, 6.07) is 7.59. The van der Waals surface area contributed by atoms with Gasteiger partial charge in [0.05, 0.1) is 13.2 Å². The van der Waals surface area contributed by atoms with Crippen molar-refractivity contribution in [3.63, 3.8) is 0 Å². The molecule has 1 aliphatic rings. The maximum atomic E-state index is 12.6. The second-order valence-corrected chi connectivity index (χ2v) is 5.53. The molecule has 1 aromatic rings. The summed E-state index contributed by atoms with van der Waals surface area (Å²) in [5.74, 6) is 0.806. The van der Waals surface area contributed by atoms with Crippen LogP contribution in [0.15, 0.2) is 24.3 Å². The normalized spacial score (nSPS) is 15.1. The van der Waals surface area contributed by atoms with Gasteiger partial charge in [0, 0.05) is 18.2 Å². The first-order chi connectivity index (χ1) is 10.3. The van der Waals surface area contributed by atoms with Crippen LogP contribution in [0.1, 0.15) is 49.4 Å². The molecule has 2 rings (SSSR count). The predicted octanol–water partition coefficient (Wildman–Crippen LogP) is 2.85. The van der Waals surface area contributed by atoms with Gasteiger partial charge >= 0.3 is 0 Å². The number of aliphatic hydroxyl groups excluding tert-OH is 1. The van der Waals surface area contributed by atoms with E-state index in [9.17, 15) is 9.90 Å². The van der Waals surface area contributed by atoms with E-state index < -0.39 is 0 Å². The second kappa shape index (κ2) is 8.03. The van der Waals surface area contributed by atoms with E-state index in [2.05, 4.69) is 6.92 Å². The maximum Gasteiger partial charge on any atom is 0.254 e. The molecule has 0 saturated heterocycles. The summed E-state index contributed by atoms with van der Waals surface area (Å²) < 4.78 is 5.53. The van der Waals surface area contributed by atoms with Gasteiger partial charge < -0.3 is 14.7 Å². The molecule has 0 bridgehead atoms. The maximum absolute atomic E-state index is 12.6. The Hall–Kier alpha value is -1.55. The van der Waals surface area contributed by atoms with Gasteiger partial charge in [-0.2, -0.15) is 0 Å². The number of ether oxygens (including phenoxy) is 1. The lowest BCUT2D eigenvalue weighted by atomic mass is 10.1. The van der Waals surface area contributed by atoms with E-state index in [1.807, 2.05) is 29.2 Å². The van der Waals surface area contributed by atoms with Crippen molar-refractivity contribution in [3.8, 4) is 5.75 Å². The summed E-state index contributed by atoms with van der Waals surface area (Å²) in [4.78, 5) is 14.4. The molecule has 1 aliphatic carbocycles. The molecule has 1 aromatic carbocycles. The highest BCUT2D eigenvalue weighted by atomic mass is 16.5. The summed E-state index contributed by atoms with van der Waals surface area (Å²) in [5, 5.41) is 9.22. The molecule has 1 fully saturated rings. The third-order valence-electron chi connectivity index (χ3n) is 3.94. The van der Waals surface area contributed by atoms with E-state index in [0.717, 1.165) is 25.0 Å². The molecule has 0 aliphatic heterocycles. The third kappa shape index (κ3) is 4.21. The zero-order valence-corrected chi connectivity index (χ0v) is 12.8. The fourth-order valence-electron chi connectivity index (χ4n) is 2.85. The number of aliphatic hydroxyl groups is 1. The van der Waals surface area contributed by atoms with Crippen LogP contribution >= 0.6 is 0 Å². The van der Waals surface area contributed by atoms with E-state index in [-0.39, 0.29) is 18.6 Å². The van der Waals surface area contributed by atoms with Crippen molar-refractivity contribution in [1.82, 2.24) is 4.90 Å². The van der Waals surface area contributed by atoms with Crippen LogP contribution in [-0.2, 0) is 0 Å². The predicted molar refractivity (Wildman–Crippen MR) is 82.6 cm³/mol. The Bertz CT molecular complexity index is 438. The van der Waals surface area contributed by atoms with Crippen molar-refractivity contribution in [1.29, 1.82) is 0 Å². The summed E-state index contributed by atoms with van der Waals surface area (Å²) in [5.41, 5.74) is 0.666. The van der Waals surface area contributed by atoms with Crippen LogP contribution in [0.5, 0.6) is 5.75 Å². The topological polar surface area (TPSA) is 49.8 Å². The number of rotatable bonds is 7. The van der Waals surface area contributed by atoms with Gasteiger partial charge in [-0.3, -0.25) is 4.79 Å². The van der Waals surface area contributed by atoms with Gasteiger partial charge in [-0.15, -0.1) is 0 Å². The van der Waals surface area contributed by atoms with Gasteiger partial charge in [0.1, 0.15) is 5.75 Å². The van der Waals surface area contributed by atoms with Gasteiger partial charge in [-0.1, -0.05) is 19.8 Å². The van der Waals surface area contributed by atoms with Crippen molar-refractivity contribution < 1.29 is 14.6 Å². The van der Waals surface area contributed by atoms with Crippen LogP contribution < -0.4 is 4.74 Å². The summed E-state index contributed by atoms with van der Waals surface area (Å²) in [6.07, 6.45) is 5.40. The number of hydrogen-bond donors (Lipinski definition) is 1. The number of carbonyl (C=O) groups excluding carboxylic acids is 1. The highest BCUT2D eigenvalue weighted by Gasteiger charge is 2.26. The molecule has 1 amide bonds. The molecule has 4 heteroatoms. The summed E-state index contributed by atoms with van der Waals surface area (Å²) in [7, 11) is 0. The molecule has 0 unspecified atom stereocenters. The van der Waals surface area contributed by atoms with Crippen LogP contribution in [0.2, 0.25) is 0 Å². The molecule has 116 valence electrons. The minimum Gasteiger partial charge on any atom is -0.494 e. The Labute approximate surface area is 126 Å². The molecule has 1 saturated carbocycles. The van der Waals surface area contributed by atoms with Crippen molar-refractivity contribution in [2.24, 2.45) is 0 Å². The first-order valence-corrected chi connectivity index (χ1v) is 7.91. The van der Waals surface area contributed by atoms with Crippen LogP contribution in [0, 0.1) is 0 Å². The van der Waals surface area contributed by atoms with Crippen molar-refractivity contribution in [3.05, 3.63) is 29.8 Å². The minimum absolute atomic E-state index is 0.0120. The lowest BCUT2D eigenvalue weighted by molar-refractivity contribution is 0.0638. The van der Waals surface area contributed by atoms with E-state index in [4.69, 9.17) is 4.74 Å². The van der Waals surface area contributed by atoms with Crippen LogP contribution in [0.4, 0.5) is 0 Å². The second-order valence-electron chi connectivity index (χ2n) is 5.53.